The van der Waals surface area contributed by atoms with Crippen LogP contribution in [0.25, 0.3) is 11.0 Å². The first-order chi connectivity index (χ1) is 13.2. The number of hydrogen-bond acceptors (Lipinski definition) is 4. The van der Waals surface area contributed by atoms with Gasteiger partial charge in [0.2, 0.25) is 5.91 Å². The summed E-state index contributed by atoms with van der Waals surface area (Å²) in [5.41, 5.74) is 2.39. The minimum atomic E-state index is -0.203. The smallest absolute Gasteiger partial charge is 0.326 e. The van der Waals surface area contributed by atoms with Gasteiger partial charge in [-0.25, -0.2) is 4.79 Å². The van der Waals surface area contributed by atoms with Crippen molar-refractivity contribution < 1.29 is 14.3 Å². The van der Waals surface area contributed by atoms with Gasteiger partial charge in [0, 0.05) is 18.5 Å². The van der Waals surface area contributed by atoms with E-state index in [0.29, 0.717) is 25.3 Å². The zero-order chi connectivity index (χ0) is 18.8. The van der Waals surface area contributed by atoms with Gasteiger partial charge in [-0.3, -0.25) is 9.36 Å². The molecule has 4 rings (SSSR count). The molecule has 1 atom stereocenters. The predicted octanol–water partition coefficient (Wildman–Crippen LogP) is 1.85. The number of para-hydroxylation sites is 3. The number of rotatable bonds is 5. The lowest BCUT2D eigenvalue weighted by molar-refractivity contribution is -0.122. The van der Waals surface area contributed by atoms with Gasteiger partial charge in [0.05, 0.1) is 24.2 Å². The Hall–Kier alpha value is -3.22. The summed E-state index contributed by atoms with van der Waals surface area (Å²) in [5.74, 6) is 1.35. The number of H-pyrrole nitrogens is 1. The second-order valence-corrected chi connectivity index (χ2v) is 6.58. The predicted molar refractivity (Wildman–Crippen MR) is 101 cm³/mol. The fourth-order valence-electron chi connectivity index (χ4n) is 3.49. The van der Waals surface area contributed by atoms with Gasteiger partial charge in [-0.15, -0.1) is 0 Å². The van der Waals surface area contributed by atoms with Gasteiger partial charge in [-0.05, 0) is 24.6 Å². The molecule has 27 heavy (non-hydrogen) atoms. The topological polar surface area (TPSA) is 85.3 Å². The summed E-state index contributed by atoms with van der Waals surface area (Å²) in [7, 11) is 1.61. The molecule has 7 nitrogen and oxygen atoms in total. The number of imidazole rings is 1. The van der Waals surface area contributed by atoms with Crippen molar-refractivity contribution in [2.45, 2.75) is 25.4 Å². The fraction of sp³-hybridized carbons (Fsp3) is 0.300. The lowest BCUT2D eigenvalue weighted by Crippen LogP contribution is -2.43. The van der Waals surface area contributed by atoms with Crippen LogP contribution in [0, 0.1) is 0 Å². The molecular weight excluding hydrogens is 346 g/mol. The van der Waals surface area contributed by atoms with E-state index in [2.05, 4.69) is 10.3 Å². The number of hydrogen-bond donors (Lipinski definition) is 2. The van der Waals surface area contributed by atoms with Gasteiger partial charge in [0.25, 0.3) is 0 Å². The Kier molecular flexibility index (Phi) is 4.58. The number of aromatic nitrogens is 2. The summed E-state index contributed by atoms with van der Waals surface area (Å²) in [6.07, 6.45) is 0.911. The third-order valence-corrected chi connectivity index (χ3v) is 4.78. The van der Waals surface area contributed by atoms with Gasteiger partial charge >= 0.3 is 5.69 Å². The number of carbonyl (C=O) groups excluding carboxylic acids is 1. The first kappa shape index (κ1) is 17.2. The van der Waals surface area contributed by atoms with Crippen LogP contribution < -0.4 is 20.5 Å². The average molecular weight is 367 g/mol. The van der Waals surface area contributed by atoms with Crippen molar-refractivity contribution in [2.24, 2.45) is 0 Å². The molecule has 7 heteroatoms. The Morgan fingerprint density at radius 3 is 3.00 bits per heavy atom. The zero-order valence-electron chi connectivity index (χ0n) is 15.0. The Morgan fingerprint density at radius 1 is 1.30 bits per heavy atom. The molecular formula is C20H21N3O4. The highest BCUT2D eigenvalue weighted by Crippen LogP contribution is 2.34. The summed E-state index contributed by atoms with van der Waals surface area (Å²) in [6, 6.07) is 13.1. The van der Waals surface area contributed by atoms with Crippen LogP contribution in [-0.4, -0.2) is 35.2 Å². The summed E-state index contributed by atoms with van der Waals surface area (Å²) in [4.78, 5) is 27.3. The van der Waals surface area contributed by atoms with Crippen LogP contribution in [0.15, 0.2) is 47.3 Å². The minimum Gasteiger partial charge on any atom is -0.493 e. The van der Waals surface area contributed by atoms with Crippen molar-refractivity contribution in [3.8, 4) is 11.5 Å². The van der Waals surface area contributed by atoms with Crippen LogP contribution in [0.1, 0.15) is 12.0 Å². The highest BCUT2D eigenvalue weighted by molar-refractivity contribution is 5.77. The highest BCUT2D eigenvalue weighted by Gasteiger charge is 2.23. The molecule has 1 aliphatic heterocycles. The zero-order valence-corrected chi connectivity index (χ0v) is 15.0. The molecule has 0 saturated heterocycles. The van der Waals surface area contributed by atoms with E-state index in [-0.39, 0.29) is 24.1 Å². The second-order valence-electron chi connectivity index (χ2n) is 6.58. The monoisotopic (exact) mass is 367 g/mol. The molecule has 0 aliphatic carbocycles. The molecule has 0 fully saturated rings. The van der Waals surface area contributed by atoms with Crippen molar-refractivity contribution in [1.82, 2.24) is 14.9 Å². The van der Waals surface area contributed by atoms with Crippen LogP contribution in [-0.2, 0) is 17.8 Å². The van der Waals surface area contributed by atoms with Crippen LogP contribution in [0.3, 0.4) is 0 Å². The maximum Gasteiger partial charge on any atom is 0.326 e. The Bertz CT molecular complexity index is 1040. The summed E-state index contributed by atoms with van der Waals surface area (Å²) in [5, 5.41) is 3.00. The van der Waals surface area contributed by atoms with Crippen molar-refractivity contribution in [2.75, 3.05) is 13.7 Å². The number of aromatic amines is 1. The number of carbonyl (C=O) groups is 1. The number of benzene rings is 2. The van der Waals surface area contributed by atoms with E-state index in [0.717, 1.165) is 22.3 Å². The van der Waals surface area contributed by atoms with Crippen LogP contribution in [0.4, 0.5) is 0 Å². The first-order valence-corrected chi connectivity index (χ1v) is 8.91. The molecule has 1 aliphatic rings. The lowest BCUT2D eigenvalue weighted by Gasteiger charge is -2.27. The molecule has 0 radical (unpaired) electrons. The largest absolute Gasteiger partial charge is 0.493 e. The average Bonchev–Trinajstić information content (AvgIpc) is 3.00. The van der Waals surface area contributed by atoms with E-state index >= 15 is 0 Å². The summed E-state index contributed by atoms with van der Waals surface area (Å²) >= 11 is 0. The van der Waals surface area contributed by atoms with E-state index in [1.54, 1.807) is 11.7 Å². The summed E-state index contributed by atoms with van der Waals surface area (Å²) < 4.78 is 12.7. The van der Waals surface area contributed by atoms with Crippen LogP contribution >= 0.6 is 0 Å². The van der Waals surface area contributed by atoms with E-state index in [9.17, 15) is 9.59 Å². The molecule has 1 aromatic heterocycles. The van der Waals surface area contributed by atoms with Gasteiger partial charge < -0.3 is 19.8 Å². The van der Waals surface area contributed by atoms with Gasteiger partial charge in [0.15, 0.2) is 11.5 Å². The molecule has 0 unspecified atom stereocenters. The molecule has 0 bridgehead atoms. The third kappa shape index (κ3) is 3.40. The highest BCUT2D eigenvalue weighted by atomic mass is 16.5. The molecule has 140 valence electrons. The quantitative estimate of drug-likeness (QED) is 0.721. The Morgan fingerprint density at radius 2 is 2.15 bits per heavy atom. The molecule has 2 heterocycles. The second kappa shape index (κ2) is 7.19. The van der Waals surface area contributed by atoms with Crippen LogP contribution in [0.5, 0.6) is 11.5 Å². The molecule has 0 spiro atoms. The van der Waals surface area contributed by atoms with Crippen molar-refractivity contribution in [1.29, 1.82) is 0 Å². The van der Waals surface area contributed by atoms with Crippen molar-refractivity contribution in [3.05, 3.63) is 58.5 Å². The van der Waals surface area contributed by atoms with E-state index in [4.69, 9.17) is 9.47 Å². The number of methoxy groups -OCH3 is 1. The maximum absolute atomic E-state index is 12.4. The van der Waals surface area contributed by atoms with Crippen molar-refractivity contribution in [3.63, 3.8) is 0 Å². The van der Waals surface area contributed by atoms with Gasteiger partial charge in [-0.1, -0.05) is 24.3 Å². The Labute approximate surface area is 155 Å². The number of nitrogens with zero attached hydrogens (tertiary/aromatic N) is 1. The lowest BCUT2D eigenvalue weighted by atomic mass is 10.0. The van der Waals surface area contributed by atoms with E-state index in [1.807, 2.05) is 42.5 Å². The van der Waals surface area contributed by atoms with Crippen LogP contribution in [0.2, 0.25) is 0 Å². The van der Waals surface area contributed by atoms with Crippen molar-refractivity contribution >= 4 is 16.9 Å². The number of ether oxygens (including phenoxy) is 2. The normalized spacial score (nSPS) is 15.8. The summed E-state index contributed by atoms with van der Waals surface area (Å²) in [6.45, 7) is 0.721. The third-order valence-electron chi connectivity index (χ3n) is 4.78. The van der Waals surface area contributed by atoms with Gasteiger partial charge in [0.1, 0.15) is 6.61 Å². The number of fused-ring (bicyclic) bond motifs is 2. The standard InChI is InChI=1S/C20H21N3O4/c1-26-17-8-4-5-13-11-14(12-27-19(13)17)21-18(24)9-10-23-16-7-3-2-6-15(16)22-20(23)25/h2-8,14H,9-12H2,1H3,(H,21,24)(H,22,25)/t14-/m1/s1. The number of aryl methyl sites for hydroxylation is 1. The number of nitrogens with one attached hydrogen (secondary N) is 2. The SMILES string of the molecule is COc1cccc2c1OC[C@H](NC(=O)CCn1c(=O)[nH]c3ccccc31)C2. The van der Waals surface area contributed by atoms with E-state index in [1.165, 1.54) is 0 Å². The molecule has 3 aromatic rings. The molecule has 2 N–H and O–H groups in total. The first-order valence-electron chi connectivity index (χ1n) is 8.91. The Balaban J connectivity index is 1.39. The molecule has 1 amide bonds. The fourth-order valence-corrected chi connectivity index (χ4v) is 3.49. The number of amides is 1. The van der Waals surface area contributed by atoms with Gasteiger partial charge in [-0.2, -0.15) is 0 Å². The minimum absolute atomic E-state index is 0.100. The molecule has 0 saturated carbocycles. The molecule has 2 aromatic carbocycles. The van der Waals surface area contributed by atoms with E-state index < -0.39 is 0 Å². The maximum atomic E-state index is 12.4.